The summed E-state index contributed by atoms with van der Waals surface area (Å²) in [6, 6.07) is 17.6. The van der Waals surface area contributed by atoms with Crippen molar-refractivity contribution < 1.29 is 14.2 Å². The molecule has 7 heteroatoms. The van der Waals surface area contributed by atoms with E-state index < -0.39 is 5.92 Å². The zero-order valence-electron chi connectivity index (χ0n) is 17.5. The smallest absolute Gasteiger partial charge is 0.244 e. The third-order valence-corrected chi connectivity index (χ3v) is 5.08. The monoisotopic (exact) mass is 416 g/mol. The molecule has 1 atom stereocenters. The molecule has 0 bridgehead atoms. The van der Waals surface area contributed by atoms with E-state index in [2.05, 4.69) is 23.2 Å². The molecule has 0 saturated heterocycles. The van der Waals surface area contributed by atoms with Gasteiger partial charge >= 0.3 is 0 Å². The molecule has 0 aliphatic carbocycles. The Kier molecular flexibility index (Phi) is 5.80. The van der Waals surface area contributed by atoms with Gasteiger partial charge in [0.05, 0.1) is 30.4 Å². The molecule has 0 fully saturated rings. The first-order valence-electron chi connectivity index (χ1n) is 10.3. The van der Waals surface area contributed by atoms with E-state index in [1.807, 2.05) is 55.5 Å². The highest BCUT2D eigenvalue weighted by atomic mass is 16.5. The number of nitriles is 1. The number of H-pyrrole nitrogens is 1. The quantitative estimate of drug-likeness (QED) is 0.588. The van der Waals surface area contributed by atoms with E-state index in [1.165, 1.54) is 0 Å². The van der Waals surface area contributed by atoms with E-state index in [-0.39, 0.29) is 5.88 Å². The van der Waals surface area contributed by atoms with Crippen molar-refractivity contribution in [2.24, 2.45) is 5.73 Å². The summed E-state index contributed by atoms with van der Waals surface area (Å²) < 4.78 is 16.9. The fourth-order valence-electron chi connectivity index (χ4n) is 3.66. The molecule has 0 saturated carbocycles. The van der Waals surface area contributed by atoms with Crippen LogP contribution < -0.4 is 19.9 Å². The largest absolute Gasteiger partial charge is 0.494 e. The van der Waals surface area contributed by atoms with Crippen LogP contribution in [0.4, 0.5) is 0 Å². The number of hydrogen-bond donors (Lipinski definition) is 2. The number of benzene rings is 2. The van der Waals surface area contributed by atoms with Gasteiger partial charge in [-0.2, -0.15) is 5.26 Å². The zero-order chi connectivity index (χ0) is 21.8. The van der Waals surface area contributed by atoms with Crippen molar-refractivity contribution in [3.8, 4) is 34.7 Å². The van der Waals surface area contributed by atoms with Crippen LogP contribution in [0.2, 0.25) is 0 Å². The average Bonchev–Trinajstić information content (AvgIpc) is 3.21. The van der Waals surface area contributed by atoms with Gasteiger partial charge in [0.15, 0.2) is 0 Å². The van der Waals surface area contributed by atoms with Crippen molar-refractivity contribution in [1.82, 2.24) is 10.2 Å². The molecule has 4 rings (SSSR count). The van der Waals surface area contributed by atoms with E-state index in [0.29, 0.717) is 24.7 Å². The van der Waals surface area contributed by atoms with Crippen molar-refractivity contribution in [3.63, 3.8) is 0 Å². The van der Waals surface area contributed by atoms with Crippen LogP contribution in [-0.4, -0.2) is 23.4 Å². The maximum atomic E-state index is 9.84. The van der Waals surface area contributed by atoms with Gasteiger partial charge in [-0.3, -0.25) is 5.10 Å². The minimum absolute atomic E-state index is 0.0650. The average molecular weight is 416 g/mol. The highest BCUT2D eigenvalue weighted by molar-refractivity contribution is 5.71. The Hall–Kier alpha value is -3.92. The maximum absolute atomic E-state index is 9.84. The molecule has 1 aliphatic heterocycles. The number of allylic oxidation sites excluding steroid dienone is 1. The van der Waals surface area contributed by atoms with Crippen molar-refractivity contribution in [1.29, 1.82) is 5.26 Å². The zero-order valence-corrected chi connectivity index (χ0v) is 17.5. The Morgan fingerprint density at radius 1 is 1.06 bits per heavy atom. The summed E-state index contributed by atoms with van der Waals surface area (Å²) in [4.78, 5) is 0. The fourth-order valence-corrected chi connectivity index (χ4v) is 3.66. The lowest BCUT2D eigenvalue weighted by Crippen LogP contribution is -2.21. The van der Waals surface area contributed by atoms with Gasteiger partial charge in [-0.1, -0.05) is 19.1 Å². The lowest BCUT2D eigenvalue weighted by molar-refractivity contribution is 0.317. The molecular formula is C24H24N4O3. The van der Waals surface area contributed by atoms with E-state index in [4.69, 9.17) is 19.9 Å². The van der Waals surface area contributed by atoms with Crippen LogP contribution in [-0.2, 0) is 0 Å². The molecule has 2 heterocycles. The summed E-state index contributed by atoms with van der Waals surface area (Å²) in [6.45, 7) is 5.26. The molecule has 7 nitrogen and oxygen atoms in total. The summed E-state index contributed by atoms with van der Waals surface area (Å²) in [5, 5.41) is 17.2. The Bertz CT molecular complexity index is 1130. The third kappa shape index (κ3) is 3.92. The molecule has 3 aromatic rings. The molecule has 1 aromatic heterocycles. The van der Waals surface area contributed by atoms with Gasteiger partial charge < -0.3 is 19.9 Å². The second-order valence-electron chi connectivity index (χ2n) is 7.12. The summed E-state index contributed by atoms with van der Waals surface area (Å²) in [7, 11) is 0. The van der Waals surface area contributed by atoms with Crippen LogP contribution in [0.3, 0.4) is 0 Å². The van der Waals surface area contributed by atoms with E-state index >= 15 is 0 Å². The molecule has 3 N–H and O–H groups in total. The Labute approximate surface area is 181 Å². The van der Waals surface area contributed by atoms with Gasteiger partial charge in [-0.05, 0) is 55.3 Å². The first-order chi connectivity index (χ1) is 15.2. The lowest BCUT2D eigenvalue weighted by atomic mass is 9.83. The van der Waals surface area contributed by atoms with Crippen LogP contribution in [0.5, 0.6) is 17.4 Å². The van der Waals surface area contributed by atoms with Gasteiger partial charge in [0.1, 0.15) is 23.1 Å². The SMILES string of the molecule is CCCOc1ccc(-c2[nH]nc3c2[C@@H](c2ccc(OCC)cc2)C(C#N)=C(N)O3)cc1. The number of nitrogens with zero attached hydrogens (tertiary/aromatic N) is 2. The second-order valence-corrected chi connectivity index (χ2v) is 7.12. The van der Waals surface area contributed by atoms with Crippen LogP contribution >= 0.6 is 0 Å². The van der Waals surface area contributed by atoms with Crippen LogP contribution in [0.25, 0.3) is 11.3 Å². The Balaban J connectivity index is 1.77. The minimum atomic E-state index is -0.408. The van der Waals surface area contributed by atoms with Gasteiger partial charge in [0, 0.05) is 5.56 Å². The van der Waals surface area contributed by atoms with Crippen molar-refractivity contribution in [2.75, 3.05) is 13.2 Å². The first kappa shape index (κ1) is 20.4. The van der Waals surface area contributed by atoms with Gasteiger partial charge in [0.25, 0.3) is 0 Å². The van der Waals surface area contributed by atoms with E-state index in [0.717, 1.165) is 40.3 Å². The van der Waals surface area contributed by atoms with E-state index in [9.17, 15) is 5.26 Å². The number of rotatable bonds is 7. The number of aromatic nitrogens is 2. The highest BCUT2D eigenvalue weighted by Crippen LogP contribution is 2.45. The van der Waals surface area contributed by atoms with Gasteiger partial charge in [0.2, 0.25) is 11.8 Å². The van der Waals surface area contributed by atoms with Crippen molar-refractivity contribution in [2.45, 2.75) is 26.2 Å². The molecule has 31 heavy (non-hydrogen) atoms. The number of ether oxygens (including phenoxy) is 3. The van der Waals surface area contributed by atoms with Gasteiger partial charge in [-0.25, -0.2) is 0 Å². The number of aromatic amines is 1. The Morgan fingerprint density at radius 3 is 2.39 bits per heavy atom. The van der Waals surface area contributed by atoms with Crippen LogP contribution in [0.15, 0.2) is 60.0 Å². The number of nitrogens with two attached hydrogens (primary N) is 1. The summed E-state index contributed by atoms with van der Waals surface area (Å²) in [5.74, 6) is 1.60. The standard InChI is InChI=1S/C24H24N4O3/c1-3-13-30-18-11-7-16(8-12-18)22-21-20(15-5-9-17(10-6-15)29-4-2)19(14-25)23(26)31-24(21)28-27-22/h5-12,20H,3-4,13,26H2,1-2H3,(H,27,28)/t20-/m0/s1. The molecule has 0 radical (unpaired) electrons. The maximum Gasteiger partial charge on any atom is 0.244 e. The normalized spacial score (nSPS) is 15.1. The van der Waals surface area contributed by atoms with Crippen LogP contribution in [0, 0.1) is 11.3 Å². The predicted octanol–water partition coefficient (Wildman–Crippen LogP) is 4.48. The number of nitrogens with one attached hydrogen (secondary N) is 1. The molecule has 0 unspecified atom stereocenters. The minimum Gasteiger partial charge on any atom is -0.494 e. The summed E-state index contributed by atoms with van der Waals surface area (Å²) in [6.07, 6.45) is 0.946. The summed E-state index contributed by atoms with van der Waals surface area (Å²) >= 11 is 0. The highest BCUT2D eigenvalue weighted by Gasteiger charge is 2.35. The Morgan fingerprint density at radius 2 is 1.74 bits per heavy atom. The molecule has 0 amide bonds. The van der Waals surface area contributed by atoms with Crippen molar-refractivity contribution in [3.05, 3.63) is 71.1 Å². The number of fused-ring (bicyclic) bond motifs is 1. The third-order valence-electron chi connectivity index (χ3n) is 5.08. The summed E-state index contributed by atoms with van der Waals surface area (Å²) in [5.41, 5.74) is 9.78. The van der Waals surface area contributed by atoms with Crippen molar-refractivity contribution >= 4 is 0 Å². The molecule has 2 aromatic carbocycles. The second kappa shape index (κ2) is 8.84. The first-order valence-corrected chi connectivity index (χ1v) is 10.3. The topological polar surface area (TPSA) is 106 Å². The van der Waals surface area contributed by atoms with E-state index in [1.54, 1.807) is 0 Å². The molecule has 1 aliphatic rings. The lowest BCUT2D eigenvalue weighted by Gasteiger charge is -2.24. The molecule has 158 valence electrons. The molecular weight excluding hydrogens is 392 g/mol. The van der Waals surface area contributed by atoms with Crippen LogP contribution in [0.1, 0.15) is 37.3 Å². The van der Waals surface area contributed by atoms with Gasteiger partial charge in [-0.15, -0.1) is 5.10 Å². The molecule has 0 spiro atoms. The predicted molar refractivity (Wildman–Crippen MR) is 117 cm³/mol. The number of hydrogen-bond acceptors (Lipinski definition) is 6. The fraction of sp³-hybridized carbons (Fsp3) is 0.250.